The number of rotatable bonds is 2. The fraction of sp³-hybridized carbons (Fsp3) is 0.556. The van der Waals surface area contributed by atoms with Gasteiger partial charge in [-0.2, -0.15) is 0 Å². The molecule has 0 N–H and O–H groups in total. The highest BCUT2D eigenvalue weighted by Crippen LogP contribution is 2.26. The molecule has 1 heterocycles. The van der Waals surface area contributed by atoms with Crippen molar-refractivity contribution in [2.24, 2.45) is 0 Å². The number of hydrogen-bond acceptors (Lipinski definition) is 2. The van der Waals surface area contributed by atoms with Crippen molar-refractivity contribution in [3.05, 3.63) is 11.6 Å². The molecule has 0 aliphatic carbocycles. The first kappa shape index (κ1) is 10.3. The fourth-order valence-electron chi connectivity index (χ4n) is 1.04. The minimum absolute atomic E-state index is 1.05. The minimum atomic E-state index is -1.05. The number of hydrogen-bond donors (Lipinski definition) is 0. The second-order valence-electron chi connectivity index (χ2n) is 4.04. The predicted octanol–water partition coefficient (Wildman–Crippen LogP) is 3.32. The van der Waals surface area contributed by atoms with Gasteiger partial charge in [0.25, 0.3) is 0 Å². The van der Waals surface area contributed by atoms with E-state index in [1.165, 1.54) is 9.77 Å². The Morgan fingerprint density at radius 1 is 1.33 bits per heavy atom. The molecular weight excluding hydrogens is 200 g/mol. The molecule has 0 atom stereocenters. The van der Waals surface area contributed by atoms with Crippen molar-refractivity contribution in [1.82, 2.24) is 0 Å². The van der Waals surface area contributed by atoms with Gasteiger partial charge in [-0.05, 0) is 29.3 Å². The third-order valence-corrected chi connectivity index (χ3v) is 7.85. The topological polar surface area (TPSA) is 0 Å². The van der Waals surface area contributed by atoms with E-state index in [0.717, 1.165) is 0 Å². The van der Waals surface area contributed by atoms with E-state index in [1.54, 1.807) is 4.50 Å². The standard InChI is InChI=1S/C9H16S2Si/c1-7-6-8(12(3,4)5)11-9(7)10-2/h6H,1-5H3. The van der Waals surface area contributed by atoms with Gasteiger partial charge in [-0.3, -0.25) is 0 Å². The lowest BCUT2D eigenvalue weighted by molar-refractivity contribution is 1.44. The maximum absolute atomic E-state index is 2.41. The van der Waals surface area contributed by atoms with Crippen LogP contribution in [0.5, 0.6) is 0 Å². The largest absolute Gasteiger partial charge is 0.138 e. The van der Waals surface area contributed by atoms with Gasteiger partial charge in [0.1, 0.15) is 0 Å². The molecule has 1 rings (SSSR count). The average Bonchev–Trinajstić information content (AvgIpc) is 2.29. The third kappa shape index (κ3) is 2.15. The van der Waals surface area contributed by atoms with E-state index in [-0.39, 0.29) is 0 Å². The van der Waals surface area contributed by atoms with E-state index in [4.69, 9.17) is 0 Å². The molecule has 68 valence electrons. The van der Waals surface area contributed by atoms with Crippen molar-refractivity contribution in [3.8, 4) is 0 Å². The lowest BCUT2D eigenvalue weighted by Gasteiger charge is -2.12. The molecule has 0 fully saturated rings. The first-order chi connectivity index (χ1) is 5.45. The van der Waals surface area contributed by atoms with Crippen LogP contribution in [-0.4, -0.2) is 14.3 Å². The normalized spacial score (nSPS) is 12.1. The van der Waals surface area contributed by atoms with Crippen LogP contribution in [-0.2, 0) is 0 Å². The SMILES string of the molecule is CSc1sc([Si](C)(C)C)cc1C. The first-order valence-corrected chi connectivity index (χ1v) is 9.64. The highest BCUT2D eigenvalue weighted by atomic mass is 32.2. The first-order valence-electron chi connectivity index (χ1n) is 4.10. The molecule has 0 bridgehead atoms. The minimum Gasteiger partial charge on any atom is -0.138 e. The molecular formula is C9H16S2Si. The molecule has 0 aliphatic rings. The van der Waals surface area contributed by atoms with E-state index in [9.17, 15) is 0 Å². The van der Waals surface area contributed by atoms with Gasteiger partial charge >= 0.3 is 0 Å². The Bertz CT molecular complexity index is 271. The molecule has 1 aromatic heterocycles. The smallest absolute Gasteiger partial charge is 0.0904 e. The molecule has 12 heavy (non-hydrogen) atoms. The quantitative estimate of drug-likeness (QED) is 0.540. The van der Waals surface area contributed by atoms with Gasteiger partial charge in [0.2, 0.25) is 0 Å². The van der Waals surface area contributed by atoms with E-state index in [1.807, 2.05) is 23.1 Å². The maximum atomic E-state index is 2.41. The van der Waals surface area contributed by atoms with Crippen molar-refractivity contribution in [3.63, 3.8) is 0 Å². The Morgan fingerprint density at radius 2 is 1.92 bits per heavy atom. The van der Waals surface area contributed by atoms with E-state index < -0.39 is 8.07 Å². The van der Waals surface area contributed by atoms with Crippen LogP contribution >= 0.6 is 23.1 Å². The molecule has 0 aliphatic heterocycles. The lowest BCUT2D eigenvalue weighted by Crippen LogP contribution is -2.34. The average molecular weight is 216 g/mol. The molecule has 0 nitrogen and oxygen atoms in total. The number of aryl methyl sites for hydroxylation is 1. The van der Waals surface area contributed by atoms with Gasteiger partial charge in [0, 0.05) is 0 Å². The Kier molecular flexibility index (Phi) is 3.07. The summed E-state index contributed by atoms with van der Waals surface area (Å²) < 4.78 is 3.12. The molecule has 0 saturated heterocycles. The number of thiophene rings is 1. The Labute approximate surface area is 84.4 Å². The summed E-state index contributed by atoms with van der Waals surface area (Å²) in [5, 5.41) is 0. The summed E-state index contributed by atoms with van der Waals surface area (Å²) >= 11 is 3.86. The Morgan fingerprint density at radius 3 is 2.17 bits per heavy atom. The molecule has 0 unspecified atom stereocenters. The van der Waals surface area contributed by atoms with Gasteiger partial charge < -0.3 is 0 Å². The highest BCUT2D eigenvalue weighted by molar-refractivity contribution is 8.00. The summed E-state index contributed by atoms with van der Waals surface area (Å²) in [6.45, 7) is 9.43. The lowest BCUT2D eigenvalue weighted by atomic mass is 10.4. The van der Waals surface area contributed by atoms with Crippen molar-refractivity contribution in [2.45, 2.75) is 30.8 Å². The monoisotopic (exact) mass is 216 g/mol. The van der Waals surface area contributed by atoms with Crippen molar-refractivity contribution in [2.75, 3.05) is 6.26 Å². The third-order valence-electron chi connectivity index (χ3n) is 1.80. The van der Waals surface area contributed by atoms with Crippen LogP contribution < -0.4 is 4.50 Å². The van der Waals surface area contributed by atoms with Gasteiger partial charge in [0.05, 0.1) is 12.3 Å². The summed E-state index contributed by atoms with van der Waals surface area (Å²) in [6, 6.07) is 2.38. The summed E-state index contributed by atoms with van der Waals surface area (Å²) in [5.41, 5.74) is 1.46. The Balaban J connectivity index is 3.05. The summed E-state index contributed by atoms with van der Waals surface area (Å²) in [4.78, 5) is 0. The van der Waals surface area contributed by atoms with Crippen LogP contribution in [0.4, 0.5) is 0 Å². The zero-order chi connectivity index (χ0) is 9.35. The second kappa shape index (κ2) is 3.56. The Hall–Kier alpha value is 0.267. The predicted molar refractivity (Wildman–Crippen MR) is 63.8 cm³/mol. The van der Waals surface area contributed by atoms with Gasteiger partial charge in [0.15, 0.2) is 0 Å². The van der Waals surface area contributed by atoms with Crippen LogP contribution in [0.1, 0.15) is 5.56 Å². The van der Waals surface area contributed by atoms with E-state index in [0.29, 0.717) is 0 Å². The number of thioether (sulfide) groups is 1. The summed E-state index contributed by atoms with van der Waals surface area (Å²) in [7, 11) is -1.05. The van der Waals surface area contributed by atoms with Crippen LogP contribution in [0.3, 0.4) is 0 Å². The second-order valence-corrected chi connectivity index (χ2v) is 11.6. The zero-order valence-corrected chi connectivity index (χ0v) is 11.0. The highest BCUT2D eigenvalue weighted by Gasteiger charge is 2.19. The van der Waals surface area contributed by atoms with Gasteiger partial charge in [-0.25, -0.2) is 0 Å². The molecule has 0 aromatic carbocycles. The molecule has 1 aromatic rings. The van der Waals surface area contributed by atoms with Crippen molar-refractivity contribution >= 4 is 35.7 Å². The van der Waals surface area contributed by atoms with Crippen LogP contribution in [0.25, 0.3) is 0 Å². The van der Waals surface area contributed by atoms with Crippen LogP contribution in [0.15, 0.2) is 10.3 Å². The zero-order valence-electron chi connectivity index (χ0n) is 8.39. The fourth-order valence-corrected chi connectivity index (χ4v) is 5.08. The maximum Gasteiger partial charge on any atom is 0.0904 e. The summed E-state index contributed by atoms with van der Waals surface area (Å²) in [6.07, 6.45) is 2.16. The van der Waals surface area contributed by atoms with Crippen molar-refractivity contribution < 1.29 is 0 Å². The molecule has 0 radical (unpaired) electrons. The van der Waals surface area contributed by atoms with Gasteiger partial charge in [-0.1, -0.05) is 19.6 Å². The van der Waals surface area contributed by atoms with E-state index >= 15 is 0 Å². The van der Waals surface area contributed by atoms with Crippen molar-refractivity contribution in [1.29, 1.82) is 0 Å². The molecule has 0 amide bonds. The van der Waals surface area contributed by atoms with Gasteiger partial charge in [-0.15, -0.1) is 23.1 Å². The van der Waals surface area contributed by atoms with Crippen LogP contribution in [0, 0.1) is 6.92 Å². The van der Waals surface area contributed by atoms with Crippen LogP contribution in [0.2, 0.25) is 19.6 Å². The molecule has 0 saturated carbocycles. The molecule has 3 heteroatoms. The van der Waals surface area contributed by atoms with E-state index in [2.05, 4.69) is 38.9 Å². The molecule has 0 spiro atoms. The summed E-state index contributed by atoms with van der Waals surface area (Å²) in [5.74, 6) is 0.